The van der Waals surface area contributed by atoms with Crippen molar-refractivity contribution >= 4 is 30.5 Å². The van der Waals surface area contributed by atoms with E-state index < -0.39 is 0 Å². The van der Waals surface area contributed by atoms with E-state index in [0.29, 0.717) is 23.4 Å². The standard InChI is InChI=1S/C18H29N3O.2ClH/c1-13-7-8-15(19)18(22)16(13)17(14-5-3-2-4-6-14)21-11-9-20-10-12-21;;/h7-8,14,17,20,22H,2-6,9-12,19H2,1H3;2*1H/t17-;;/m1../s1. The first kappa shape index (κ1) is 21.4. The molecule has 1 saturated carbocycles. The van der Waals surface area contributed by atoms with Crippen LogP contribution in [0.3, 0.4) is 0 Å². The summed E-state index contributed by atoms with van der Waals surface area (Å²) in [7, 11) is 0. The van der Waals surface area contributed by atoms with Crippen molar-refractivity contribution < 1.29 is 5.11 Å². The van der Waals surface area contributed by atoms with Crippen molar-refractivity contribution in [2.24, 2.45) is 5.92 Å². The Bertz CT molecular complexity index is 497. The zero-order valence-corrected chi connectivity index (χ0v) is 16.1. The van der Waals surface area contributed by atoms with Crippen LogP contribution in [0.5, 0.6) is 5.75 Å². The number of hydrogen-bond acceptors (Lipinski definition) is 4. The zero-order chi connectivity index (χ0) is 15.5. The summed E-state index contributed by atoms with van der Waals surface area (Å²) in [5.41, 5.74) is 8.76. The highest BCUT2D eigenvalue weighted by molar-refractivity contribution is 5.85. The number of halogens is 2. The molecule has 2 fully saturated rings. The van der Waals surface area contributed by atoms with Crippen molar-refractivity contribution in [2.45, 2.75) is 45.1 Å². The number of anilines is 1. The lowest BCUT2D eigenvalue weighted by Crippen LogP contribution is -2.47. The quantitative estimate of drug-likeness (QED) is 0.557. The lowest BCUT2D eigenvalue weighted by atomic mass is 9.78. The van der Waals surface area contributed by atoms with Crippen molar-refractivity contribution in [3.8, 4) is 5.75 Å². The largest absolute Gasteiger partial charge is 0.505 e. The molecular formula is C18H31Cl2N3O. The number of aromatic hydroxyl groups is 1. The third-order valence-corrected chi connectivity index (χ3v) is 5.40. The summed E-state index contributed by atoms with van der Waals surface area (Å²) in [5.74, 6) is 0.951. The van der Waals surface area contributed by atoms with E-state index in [1.54, 1.807) is 0 Å². The van der Waals surface area contributed by atoms with Crippen LogP contribution in [0.1, 0.15) is 49.3 Å². The molecule has 24 heavy (non-hydrogen) atoms. The number of hydrogen-bond donors (Lipinski definition) is 3. The number of nitrogens with zero attached hydrogens (tertiary/aromatic N) is 1. The summed E-state index contributed by atoms with van der Waals surface area (Å²) >= 11 is 0. The van der Waals surface area contributed by atoms with Crippen molar-refractivity contribution in [1.82, 2.24) is 10.2 Å². The number of rotatable bonds is 3. The smallest absolute Gasteiger partial charge is 0.143 e. The first-order valence-corrected chi connectivity index (χ1v) is 8.71. The van der Waals surface area contributed by atoms with Crippen molar-refractivity contribution in [1.29, 1.82) is 0 Å². The van der Waals surface area contributed by atoms with Crippen LogP contribution in [0.2, 0.25) is 0 Å². The number of nitrogen functional groups attached to an aromatic ring is 1. The number of benzene rings is 1. The molecule has 1 aliphatic carbocycles. The minimum Gasteiger partial charge on any atom is -0.505 e. The molecule has 1 aliphatic heterocycles. The lowest BCUT2D eigenvalue weighted by molar-refractivity contribution is 0.101. The van der Waals surface area contributed by atoms with E-state index in [1.165, 1.54) is 37.7 Å². The van der Waals surface area contributed by atoms with Gasteiger partial charge in [-0.2, -0.15) is 0 Å². The highest BCUT2D eigenvalue weighted by atomic mass is 35.5. The van der Waals surface area contributed by atoms with Crippen LogP contribution in [0.15, 0.2) is 12.1 Å². The van der Waals surface area contributed by atoms with E-state index in [9.17, 15) is 5.11 Å². The molecule has 6 heteroatoms. The maximum atomic E-state index is 10.6. The van der Waals surface area contributed by atoms with Gasteiger partial charge in [0.05, 0.1) is 5.69 Å². The molecule has 0 aromatic heterocycles. The third-order valence-electron chi connectivity index (χ3n) is 5.40. The van der Waals surface area contributed by atoms with E-state index in [0.717, 1.165) is 31.7 Å². The van der Waals surface area contributed by atoms with Gasteiger partial charge < -0.3 is 16.2 Å². The Hall–Kier alpha value is -0.680. The molecule has 0 radical (unpaired) electrons. The van der Waals surface area contributed by atoms with Gasteiger partial charge in [0, 0.05) is 37.8 Å². The van der Waals surface area contributed by atoms with E-state index >= 15 is 0 Å². The van der Waals surface area contributed by atoms with Gasteiger partial charge in [0.15, 0.2) is 0 Å². The third kappa shape index (κ3) is 4.48. The number of phenolic OH excluding ortho intramolecular Hbond substituents is 1. The van der Waals surface area contributed by atoms with Gasteiger partial charge in [-0.05, 0) is 37.3 Å². The second-order valence-corrected chi connectivity index (χ2v) is 6.86. The van der Waals surface area contributed by atoms with Gasteiger partial charge in [0.25, 0.3) is 0 Å². The number of nitrogens with one attached hydrogen (secondary N) is 1. The second-order valence-electron chi connectivity index (χ2n) is 6.86. The van der Waals surface area contributed by atoms with Crippen LogP contribution in [-0.4, -0.2) is 36.2 Å². The summed E-state index contributed by atoms with van der Waals surface area (Å²) in [6.45, 7) is 6.27. The average molecular weight is 376 g/mol. The molecule has 1 heterocycles. The van der Waals surface area contributed by atoms with Crippen LogP contribution in [0.25, 0.3) is 0 Å². The first-order valence-electron chi connectivity index (χ1n) is 8.71. The van der Waals surface area contributed by atoms with Gasteiger partial charge in [-0.15, -0.1) is 24.8 Å². The molecule has 4 nitrogen and oxygen atoms in total. The van der Waals surface area contributed by atoms with Crippen LogP contribution >= 0.6 is 24.8 Å². The molecular weight excluding hydrogens is 345 g/mol. The lowest BCUT2D eigenvalue weighted by Gasteiger charge is -2.42. The summed E-state index contributed by atoms with van der Waals surface area (Å²) in [5, 5.41) is 14.1. The van der Waals surface area contributed by atoms with Crippen molar-refractivity contribution in [3.63, 3.8) is 0 Å². The molecule has 1 atom stereocenters. The fourth-order valence-electron chi connectivity index (χ4n) is 4.23. The molecule has 0 unspecified atom stereocenters. The Labute approximate surface area is 158 Å². The van der Waals surface area contributed by atoms with Gasteiger partial charge in [0.1, 0.15) is 5.75 Å². The molecule has 4 N–H and O–H groups in total. The summed E-state index contributed by atoms with van der Waals surface area (Å²) < 4.78 is 0. The predicted octanol–water partition coefficient (Wildman–Crippen LogP) is 3.65. The van der Waals surface area contributed by atoms with Crippen molar-refractivity contribution in [3.05, 3.63) is 23.3 Å². The Balaban J connectivity index is 0.00000144. The van der Waals surface area contributed by atoms with E-state index in [2.05, 4.69) is 23.2 Å². The maximum Gasteiger partial charge on any atom is 0.143 e. The predicted molar refractivity (Wildman–Crippen MR) is 106 cm³/mol. The zero-order valence-electron chi connectivity index (χ0n) is 14.5. The minimum absolute atomic E-state index is 0. The van der Waals surface area contributed by atoms with Gasteiger partial charge in [-0.1, -0.05) is 25.3 Å². The number of aryl methyl sites for hydroxylation is 1. The monoisotopic (exact) mass is 375 g/mol. The van der Waals surface area contributed by atoms with Crippen molar-refractivity contribution in [2.75, 3.05) is 31.9 Å². The average Bonchev–Trinajstić information content (AvgIpc) is 2.57. The summed E-state index contributed by atoms with van der Waals surface area (Å²) in [6, 6.07) is 4.19. The molecule has 1 aromatic carbocycles. The van der Waals surface area contributed by atoms with Gasteiger partial charge in [-0.3, -0.25) is 4.90 Å². The van der Waals surface area contributed by atoms with Gasteiger partial charge in [0.2, 0.25) is 0 Å². The maximum absolute atomic E-state index is 10.6. The molecule has 138 valence electrons. The van der Waals surface area contributed by atoms with Gasteiger partial charge >= 0.3 is 0 Å². The highest BCUT2D eigenvalue weighted by Crippen LogP contribution is 2.44. The number of piperazine rings is 1. The number of phenols is 1. The first-order chi connectivity index (χ1) is 10.7. The molecule has 1 aromatic rings. The van der Waals surface area contributed by atoms with Crippen LogP contribution in [-0.2, 0) is 0 Å². The summed E-state index contributed by atoms with van der Waals surface area (Å²) in [6.07, 6.45) is 6.52. The molecule has 0 spiro atoms. The van der Waals surface area contributed by atoms with Crippen LogP contribution in [0, 0.1) is 12.8 Å². The molecule has 0 amide bonds. The second kappa shape index (κ2) is 9.71. The Kier molecular flexibility index (Phi) is 8.65. The minimum atomic E-state index is 0. The van der Waals surface area contributed by atoms with Crippen LogP contribution in [0.4, 0.5) is 5.69 Å². The SMILES string of the molecule is Cc1ccc(N)c(O)c1[C@@H](C1CCCCC1)N1CCNCC1.Cl.Cl. The van der Waals surface area contributed by atoms with E-state index in [4.69, 9.17) is 5.73 Å². The topological polar surface area (TPSA) is 61.5 Å². The summed E-state index contributed by atoms with van der Waals surface area (Å²) in [4.78, 5) is 2.56. The highest BCUT2D eigenvalue weighted by Gasteiger charge is 2.33. The molecule has 0 bridgehead atoms. The fourth-order valence-corrected chi connectivity index (χ4v) is 4.23. The Morgan fingerprint density at radius 3 is 2.38 bits per heavy atom. The normalized spacial score (nSPS) is 20.7. The Morgan fingerprint density at radius 1 is 1.12 bits per heavy atom. The number of nitrogens with two attached hydrogens (primary N) is 1. The van der Waals surface area contributed by atoms with E-state index in [-0.39, 0.29) is 24.8 Å². The molecule has 1 saturated heterocycles. The fraction of sp³-hybridized carbons (Fsp3) is 0.667. The van der Waals surface area contributed by atoms with E-state index in [1.807, 2.05) is 6.07 Å². The van der Waals surface area contributed by atoms with Gasteiger partial charge in [-0.25, -0.2) is 0 Å². The molecule has 3 rings (SSSR count). The Morgan fingerprint density at radius 2 is 1.75 bits per heavy atom. The van der Waals surface area contributed by atoms with Crippen LogP contribution < -0.4 is 11.1 Å². The molecule has 2 aliphatic rings.